The molecule has 118 valence electrons. The third-order valence-corrected chi connectivity index (χ3v) is 4.27. The lowest BCUT2D eigenvalue weighted by Crippen LogP contribution is -2.42. The zero-order valence-corrected chi connectivity index (χ0v) is 13.9. The zero-order chi connectivity index (χ0) is 15.8. The number of nitrogens with one attached hydrogen (secondary N) is 1. The van der Waals surface area contributed by atoms with E-state index in [9.17, 15) is 9.59 Å². The molecule has 1 amide bonds. The number of hydrogen-bond donors (Lipinski definition) is 2. The number of aromatic nitrogens is 3. The van der Waals surface area contributed by atoms with Crippen molar-refractivity contribution in [2.75, 3.05) is 17.8 Å². The highest BCUT2D eigenvalue weighted by Crippen LogP contribution is 2.18. The van der Waals surface area contributed by atoms with Gasteiger partial charge in [0.1, 0.15) is 12.4 Å². The van der Waals surface area contributed by atoms with Crippen LogP contribution in [0.4, 0.5) is 0 Å². The number of rotatable bonds is 9. The molecule has 2 N–H and O–H groups in total. The highest BCUT2D eigenvalue weighted by molar-refractivity contribution is 7.99. The van der Waals surface area contributed by atoms with Crippen LogP contribution in [-0.4, -0.2) is 55.6 Å². The Kier molecular flexibility index (Phi) is 7.58. The van der Waals surface area contributed by atoms with E-state index in [1.165, 1.54) is 11.8 Å². The van der Waals surface area contributed by atoms with Gasteiger partial charge < -0.3 is 15.0 Å². The van der Waals surface area contributed by atoms with Crippen molar-refractivity contribution in [2.45, 2.75) is 37.5 Å². The predicted octanol–water partition coefficient (Wildman–Crippen LogP) is 1.27. The van der Waals surface area contributed by atoms with Crippen LogP contribution in [-0.2, 0) is 9.59 Å². The van der Waals surface area contributed by atoms with Crippen molar-refractivity contribution >= 4 is 35.4 Å². The largest absolute Gasteiger partial charge is 0.480 e. The van der Waals surface area contributed by atoms with Crippen LogP contribution >= 0.6 is 23.5 Å². The van der Waals surface area contributed by atoms with Crippen LogP contribution in [0.1, 0.15) is 26.3 Å². The standard InChI is InChI=1S/C12H20N4O3S2/c1-8(2)16-7-13-15-12(16)21-6-10(17)14-9(11(18)19)4-5-20-3/h7-9H,4-6H2,1-3H3,(H,14,17)(H,18,19)/t9-/m0/s1. The van der Waals surface area contributed by atoms with E-state index < -0.39 is 12.0 Å². The van der Waals surface area contributed by atoms with Crippen LogP contribution in [0.5, 0.6) is 0 Å². The van der Waals surface area contributed by atoms with E-state index in [1.807, 2.05) is 24.7 Å². The molecule has 1 heterocycles. The van der Waals surface area contributed by atoms with E-state index in [0.717, 1.165) is 0 Å². The Hall–Kier alpha value is -1.22. The highest BCUT2D eigenvalue weighted by Gasteiger charge is 2.20. The number of carboxylic acid groups (broad SMARTS) is 1. The van der Waals surface area contributed by atoms with E-state index >= 15 is 0 Å². The van der Waals surface area contributed by atoms with Crippen molar-refractivity contribution in [3.8, 4) is 0 Å². The first kappa shape index (κ1) is 17.8. The molecule has 0 aliphatic heterocycles. The minimum atomic E-state index is -1.01. The van der Waals surface area contributed by atoms with Gasteiger partial charge in [0.2, 0.25) is 5.91 Å². The van der Waals surface area contributed by atoms with Crippen molar-refractivity contribution in [3.63, 3.8) is 0 Å². The maximum Gasteiger partial charge on any atom is 0.326 e. The van der Waals surface area contributed by atoms with Crippen LogP contribution in [0.3, 0.4) is 0 Å². The molecule has 0 aromatic carbocycles. The lowest BCUT2D eigenvalue weighted by atomic mass is 10.2. The van der Waals surface area contributed by atoms with E-state index in [-0.39, 0.29) is 17.7 Å². The molecule has 1 aromatic heterocycles. The molecule has 0 aliphatic carbocycles. The predicted molar refractivity (Wildman–Crippen MR) is 83.7 cm³/mol. The van der Waals surface area contributed by atoms with Crippen LogP contribution in [0, 0.1) is 0 Å². The molecule has 0 saturated heterocycles. The van der Waals surface area contributed by atoms with Crippen molar-refractivity contribution < 1.29 is 14.7 Å². The minimum absolute atomic E-state index is 0.120. The lowest BCUT2D eigenvalue weighted by molar-refractivity contribution is -0.141. The minimum Gasteiger partial charge on any atom is -0.480 e. The molecule has 7 nitrogen and oxygen atoms in total. The molecule has 0 saturated carbocycles. The SMILES string of the molecule is CSCC[C@H](NC(=O)CSc1nncn1C(C)C)C(=O)O. The zero-order valence-electron chi connectivity index (χ0n) is 12.3. The Bertz CT molecular complexity index is 479. The summed E-state index contributed by atoms with van der Waals surface area (Å²) in [6.45, 7) is 3.99. The second-order valence-corrected chi connectivity index (χ2v) is 6.57. The summed E-state index contributed by atoms with van der Waals surface area (Å²) < 4.78 is 1.86. The summed E-state index contributed by atoms with van der Waals surface area (Å²) in [7, 11) is 0. The molecule has 0 bridgehead atoms. The maximum absolute atomic E-state index is 11.8. The Labute approximate surface area is 132 Å². The van der Waals surface area contributed by atoms with E-state index in [4.69, 9.17) is 5.11 Å². The van der Waals surface area contributed by atoms with Crippen molar-refractivity contribution in [2.24, 2.45) is 0 Å². The maximum atomic E-state index is 11.8. The van der Waals surface area contributed by atoms with Gasteiger partial charge in [0.05, 0.1) is 5.75 Å². The molecule has 0 aliphatic rings. The van der Waals surface area contributed by atoms with Crippen LogP contribution in [0.15, 0.2) is 11.5 Å². The number of thioether (sulfide) groups is 2. The average molecular weight is 332 g/mol. The average Bonchev–Trinajstić information content (AvgIpc) is 2.89. The smallest absolute Gasteiger partial charge is 0.326 e. The van der Waals surface area contributed by atoms with E-state index in [0.29, 0.717) is 17.3 Å². The summed E-state index contributed by atoms with van der Waals surface area (Å²) >= 11 is 2.80. The van der Waals surface area contributed by atoms with Gasteiger partial charge in [-0.15, -0.1) is 10.2 Å². The normalized spacial score (nSPS) is 12.4. The number of amides is 1. The van der Waals surface area contributed by atoms with Gasteiger partial charge in [-0.25, -0.2) is 4.79 Å². The number of carboxylic acids is 1. The topological polar surface area (TPSA) is 97.1 Å². The van der Waals surface area contributed by atoms with Crippen LogP contribution in [0.2, 0.25) is 0 Å². The summed E-state index contributed by atoms with van der Waals surface area (Å²) in [6, 6.07) is -0.632. The molecule has 0 spiro atoms. The third kappa shape index (κ3) is 5.96. The first-order valence-corrected chi connectivity index (χ1v) is 8.87. The van der Waals surface area contributed by atoms with Crippen molar-refractivity contribution in [3.05, 3.63) is 6.33 Å². The molecular weight excluding hydrogens is 312 g/mol. The number of hydrogen-bond acceptors (Lipinski definition) is 6. The summed E-state index contributed by atoms with van der Waals surface area (Å²) in [6.07, 6.45) is 3.92. The van der Waals surface area contributed by atoms with Gasteiger partial charge in [-0.1, -0.05) is 11.8 Å². The molecule has 1 rings (SSSR count). The lowest BCUT2D eigenvalue weighted by Gasteiger charge is -2.14. The fourth-order valence-corrected chi connectivity index (χ4v) is 2.88. The number of aliphatic carboxylic acids is 1. The van der Waals surface area contributed by atoms with Crippen molar-refractivity contribution in [1.82, 2.24) is 20.1 Å². The quantitative estimate of drug-likeness (QED) is 0.657. The first-order chi connectivity index (χ1) is 9.95. The number of carbonyl (C=O) groups is 2. The Morgan fingerprint density at radius 1 is 1.48 bits per heavy atom. The van der Waals surface area contributed by atoms with Gasteiger partial charge >= 0.3 is 5.97 Å². The van der Waals surface area contributed by atoms with E-state index in [2.05, 4.69) is 15.5 Å². The Balaban J connectivity index is 2.49. The van der Waals surface area contributed by atoms with Crippen molar-refractivity contribution in [1.29, 1.82) is 0 Å². The second kappa shape index (κ2) is 8.93. The summed E-state index contributed by atoms with van der Waals surface area (Å²) in [4.78, 5) is 22.9. The monoisotopic (exact) mass is 332 g/mol. The second-order valence-electron chi connectivity index (χ2n) is 4.64. The molecular formula is C12H20N4O3S2. The van der Waals surface area contributed by atoms with Gasteiger partial charge in [0.25, 0.3) is 0 Å². The summed E-state index contributed by atoms with van der Waals surface area (Å²) in [5.41, 5.74) is 0. The molecule has 0 unspecified atom stereocenters. The van der Waals surface area contributed by atoms with Gasteiger partial charge in [-0.3, -0.25) is 4.79 Å². The van der Waals surface area contributed by atoms with Gasteiger partial charge in [0.15, 0.2) is 5.16 Å². The Morgan fingerprint density at radius 2 is 2.19 bits per heavy atom. The van der Waals surface area contributed by atoms with Gasteiger partial charge in [0, 0.05) is 6.04 Å². The molecule has 1 atom stereocenters. The van der Waals surface area contributed by atoms with Crippen LogP contribution < -0.4 is 5.32 Å². The summed E-state index contributed by atoms with van der Waals surface area (Å²) in [5.74, 6) is -0.514. The van der Waals surface area contributed by atoms with E-state index in [1.54, 1.807) is 18.1 Å². The molecule has 1 aromatic rings. The number of nitrogens with zero attached hydrogens (tertiary/aromatic N) is 3. The Morgan fingerprint density at radius 3 is 2.76 bits per heavy atom. The summed E-state index contributed by atoms with van der Waals surface area (Å²) in [5, 5.41) is 20.0. The van der Waals surface area contributed by atoms with Crippen LogP contribution in [0.25, 0.3) is 0 Å². The fourth-order valence-electron chi connectivity index (χ4n) is 1.55. The molecule has 0 fully saturated rings. The first-order valence-electron chi connectivity index (χ1n) is 6.49. The number of carbonyl (C=O) groups excluding carboxylic acids is 1. The highest BCUT2D eigenvalue weighted by atomic mass is 32.2. The fraction of sp³-hybridized carbons (Fsp3) is 0.667. The molecule has 0 radical (unpaired) electrons. The molecule has 21 heavy (non-hydrogen) atoms. The van der Waals surface area contributed by atoms with Gasteiger partial charge in [-0.05, 0) is 32.3 Å². The molecule has 9 heteroatoms. The third-order valence-electron chi connectivity index (χ3n) is 2.67. The van der Waals surface area contributed by atoms with Gasteiger partial charge in [-0.2, -0.15) is 11.8 Å².